The number of guanidine groups is 1. The Hall–Kier alpha value is -0.781. The van der Waals surface area contributed by atoms with E-state index in [0.29, 0.717) is 19.4 Å². The van der Waals surface area contributed by atoms with E-state index in [1.54, 1.807) is 0 Å². The Balaban J connectivity index is 0. The molecule has 0 rings (SSSR count). The van der Waals surface area contributed by atoms with Crippen LogP contribution < -0.4 is 17.2 Å². The van der Waals surface area contributed by atoms with Gasteiger partial charge in [0.2, 0.25) is 0 Å². The third-order valence-corrected chi connectivity index (χ3v) is 1.28. The van der Waals surface area contributed by atoms with Crippen molar-refractivity contribution in [3.63, 3.8) is 0 Å². The summed E-state index contributed by atoms with van der Waals surface area (Å²) in [6.07, 6.45) is 0.956. The molecule has 0 aliphatic heterocycles. The summed E-state index contributed by atoms with van der Waals surface area (Å²) in [5, 5.41) is 8.38. The van der Waals surface area contributed by atoms with Crippen molar-refractivity contribution in [3.8, 4) is 0 Å². The normalized spacial score (nSPS) is 11.2. The summed E-state index contributed by atoms with van der Waals surface area (Å²) < 4.78 is 0. The molecule has 1 unspecified atom stereocenters. The smallest absolute Gasteiger partial charge is 0.480 e. The van der Waals surface area contributed by atoms with E-state index in [1.165, 1.54) is 0 Å². The number of aliphatic carboxylic acids is 1. The Labute approximate surface area is 87.0 Å². The van der Waals surface area contributed by atoms with E-state index >= 15 is 0 Å². The van der Waals surface area contributed by atoms with Gasteiger partial charge in [-0.05, 0) is 12.8 Å². The molecule has 0 aromatic carbocycles. The van der Waals surface area contributed by atoms with Crippen molar-refractivity contribution in [3.05, 3.63) is 0 Å². The average Bonchev–Trinajstić information content (AvgIpc) is 1.97. The van der Waals surface area contributed by atoms with Gasteiger partial charge in [-0.1, -0.05) is 0 Å². The summed E-state index contributed by atoms with van der Waals surface area (Å²) in [4.78, 5) is 13.9. The van der Waals surface area contributed by atoms with Gasteiger partial charge in [-0.25, -0.2) is 0 Å². The van der Waals surface area contributed by atoms with Gasteiger partial charge in [-0.3, -0.25) is 9.79 Å². The van der Waals surface area contributed by atoms with Crippen LogP contribution in [0.15, 0.2) is 4.99 Å². The topological polar surface area (TPSA) is 128 Å². The van der Waals surface area contributed by atoms with Gasteiger partial charge in [0.15, 0.2) is 5.96 Å². The van der Waals surface area contributed by atoms with Crippen LogP contribution >= 0.6 is 0 Å². The molecule has 6 nitrogen and oxygen atoms in total. The number of nitrogens with two attached hydrogens (primary N) is 3. The van der Waals surface area contributed by atoms with E-state index in [2.05, 4.69) is 4.99 Å². The summed E-state index contributed by atoms with van der Waals surface area (Å²) in [6.45, 7) is 0.420. The zero-order chi connectivity index (χ0) is 9.56. The number of hydrogen-bond acceptors (Lipinski definition) is 3. The van der Waals surface area contributed by atoms with Crippen molar-refractivity contribution in [1.29, 1.82) is 0 Å². The Kier molecular flexibility index (Phi) is 8.89. The number of carboxylic acid groups (broad SMARTS) is 1. The molecular formula is C6H14MnN4O2+2. The molecule has 0 aromatic rings. The number of hydrogen-bond donors (Lipinski definition) is 4. The second kappa shape index (κ2) is 7.85. The summed E-state index contributed by atoms with van der Waals surface area (Å²) in [5.74, 6) is -0.987. The van der Waals surface area contributed by atoms with Crippen molar-refractivity contribution in [1.82, 2.24) is 0 Å². The SMILES string of the molecule is NC(N)=NCCCC(N)C(=O)O.[Mn+2]. The van der Waals surface area contributed by atoms with Crippen LogP contribution in [0.4, 0.5) is 0 Å². The summed E-state index contributed by atoms with van der Waals surface area (Å²) in [7, 11) is 0. The molecule has 75 valence electrons. The van der Waals surface area contributed by atoms with Crippen LogP contribution in [0, 0.1) is 0 Å². The minimum absolute atomic E-state index is 0. The predicted octanol–water partition coefficient (Wildman–Crippen LogP) is -1.55. The van der Waals surface area contributed by atoms with Crippen LogP contribution in [0.1, 0.15) is 12.8 Å². The van der Waals surface area contributed by atoms with Gasteiger partial charge in [-0.15, -0.1) is 0 Å². The van der Waals surface area contributed by atoms with E-state index in [-0.39, 0.29) is 23.0 Å². The first kappa shape index (κ1) is 14.7. The Bertz CT molecular complexity index is 181. The predicted molar refractivity (Wildman–Crippen MR) is 45.5 cm³/mol. The first-order valence-corrected chi connectivity index (χ1v) is 3.58. The van der Waals surface area contributed by atoms with Crippen molar-refractivity contribution in [2.45, 2.75) is 18.9 Å². The molecule has 0 fully saturated rings. The van der Waals surface area contributed by atoms with E-state index in [0.717, 1.165) is 0 Å². The minimum atomic E-state index is -1.00. The summed E-state index contributed by atoms with van der Waals surface area (Å²) in [5.41, 5.74) is 15.3. The molecule has 0 aromatic heterocycles. The molecule has 1 atom stereocenters. The zero-order valence-corrected chi connectivity index (χ0v) is 8.29. The monoisotopic (exact) mass is 229 g/mol. The van der Waals surface area contributed by atoms with Crippen LogP contribution in [-0.4, -0.2) is 29.6 Å². The number of carbonyl (C=O) groups is 1. The minimum Gasteiger partial charge on any atom is -0.480 e. The Morgan fingerprint density at radius 1 is 1.46 bits per heavy atom. The maximum absolute atomic E-state index is 10.2. The molecule has 7 N–H and O–H groups in total. The van der Waals surface area contributed by atoms with E-state index in [4.69, 9.17) is 22.3 Å². The zero-order valence-electron chi connectivity index (χ0n) is 7.11. The molecule has 13 heavy (non-hydrogen) atoms. The van der Waals surface area contributed by atoms with E-state index in [1.807, 2.05) is 0 Å². The van der Waals surface area contributed by atoms with Crippen molar-refractivity contribution in [2.75, 3.05) is 6.54 Å². The molecule has 0 heterocycles. The first-order chi connectivity index (χ1) is 5.54. The largest absolute Gasteiger partial charge is 2.00 e. The van der Waals surface area contributed by atoms with Gasteiger partial charge in [0.05, 0.1) is 0 Å². The Morgan fingerprint density at radius 2 is 2.00 bits per heavy atom. The summed E-state index contributed by atoms with van der Waals surface area (Å²) in [6, 6.07) is -0.820. The average molecular weight is 229 g/mol. The van der Waals surface area contributed by atoms with Gasteiger partial charge < -0.3 is 22.3 Å². The fourth-order valence-corrected chi connectivity index (χ4v) is 0.643. The van der Waals surface area contributed by atoms with Crippen LogP contribution in [-0.2, 0) is 21.9 Å². The quantitative estimate of drug-likeness (QED) is 0.196. The van der Waals surface area contributed by atoms with Crippen molar-refractivity contribution < 1.29 is 27.0 Å². The number of rotatable bonds is 5. The molecule has 0 saturated carbocycles. The van der Waals surface area contributed by atoms with Gasteiger partial charge >= 0.3 is 23.0 Å². The third kappa shape index (κ3) is 9.13. The van der Waals surface area contributed by atoms with Crippen LogP contribution in [0.3, 0.4) is 0 Å². The fourth-order valence-electron chi connectivity index (χ4n) is 0.643. The number of carboxylic acids is 1. The molecule has 0 bridgehead atoms. The molecular weight excluding hydrogens is 215 g/mol. The molecule has 0 aliphatic carbocycles. The molecule has 0 aliphatic rings. The molecule has 0 spiro atoms. The fraction of sp³-hybridized carbons (Fsp3) is 0.667. The van der Waals surface area contributed by atoms with Crippen molar-refractivity contribution in [2.24, 2.45) is 22.2 Å². The van der Waals surface area contributed by atoms with Gasteiger partial charge in [0.1, 0.15) is 6.04 Å². The van der Waals surface area contributed by atoms with E-state index in [9.17, 15) is 4.79 Å². The number of nitrogens with zero attached hydrogens (tertiary/aromatic N) is 1. The van der Waals surface area contributed by atoms with Gasteiger partial charge in [0.25, 0.3) is 0 Å². The van der Waals surface area contributed by atoms with Crippen LogP contribution in [0.5, 0.6) is 0 Å². The maximum Gasteiger partial charge on any atom is 2.00 e. The van der Waals surface area contributed by atoms with Crippen molar-refractivity contribution >= 4 is 11.9 Å². The van der Waals surface area contributed by atoms with E-state index < -0.39 is 12.0 Å². The molecule has 0 amide bonds. The summed E-state index contributed by atoms with van der Waals surface area (Å²) >= 11 is 0. The standard InChI is InChI=1S/C6H14N4O2.Mn/c7-4(5(11)12)2-1-3-10-6(8)9;/h4H,1-3,7H2,(H,11,12)(H4,8,9,10);/q;+2. The second-order valence-corrected chi connectivity index (χ2v) is 2.39. The molecule has 1 radical (unpaired) electrons. The maximum atomic E-state index is 10.2. The Morgan fingerprint density at radius 3 is 2.38 bits per heavy atom. The number of aliphatic imine (C=N–C) groups is 1. The molecule has 0 saturated heterocycles. The third-order valence-electron chi connectivity index (χ3n) is 1.28. The van der Waals surface area contributed by atoms with Crippen LogP contribution in [0.25, 0.3) is 0 Å². The van der Waals surface area contributed by atoms with Gasteiger partial charge in [0, 0.05) is 6.54 Å². The van der Waals surface area contributed by atoms with Crippen LogP contribution in [0.2, 0.25) is 0 Å². The second-order valence-electron chi connectivity index (χ2n) is 2.39. The first-order valence-electron chi connectivity index (χ1n) is 3.58. The van der Waals surface area contributed by atoms with Gasteiger partial charge in [-0.2, -0.15) is 0 Å². The molecule has 7 heteroatoms.